The number of rotatable bonds is 7. The van der Waals surface area contributed by atoms with Crippen molar-refractivity contribution < 1.29 is 0 Å². The molecular formula is C45H35N5. The standard InChI is InChI=1S/C45H35N5/c1-31-44(42-28-39(33-10-18-47-19-11-33)25-40(29-42)34-12-20-48-21-13-34)45(36-6-4-3-5-7-36)43(30-49-31)41-26-37(32-8-16-46-17-9-32)24-38(27-41)35-14-22-50(2)23-15-35/h3-22,24-30H,23H2,1-2H3. The van der Waals surface area contributed by atoms with Crippen molar-refractivity contribution in [3.8, 4) is 66.8 Å². The molecule has 0 fully saturated rings. The van der Waals surface area contributed by atoms with Crippen LogP contribution < -0.4 is 0 Å². The van der Waals surface area contributed by atoms with Crippen molar-refractivity contribution in [3.63, 3.8) is 0 Å². The first-order valence-electron chi connectivity index (χ1n) is 16.8. The van der Waals surface area contributed by atoms with Gasteiger partial charge in [-0.1, -0.05) is 36.4 Å². The molecule has 0 radical (unpaired) electrons. The van der Waals surface area contributed by atoms with E-state index in [2.05, 4.69) is 155 Å². The average molecular weight is 646 g/mol. The van der Waals surface area contributed by atoms with E-state index in [9.17, 15) is 0 Å². The maximum atomic E-state index is 5.11. The van der Waals surface area contributed by atoms with Crippen LogP contribution in [0.2, 0.25) is 0 Å². The smallest absolute Gasteiger partial charge is 0.0457 e. The van der Waals surface area contributed by atoms with E-state index in [1.54, 1.807) is 0 Å². The van der Waals surface area contributed by atoms with Gasteiger partial charge >= 0.3 is 0 Å². The van der Waals surface area contributed by atoms with Crippen molar-refractivity contribution in [1.82, 2.24) is 24.8 Å². The van der Waals surface area contributed by atoms with Crippen LogP contribution in [0.25, 0.3) is 72.3 Å². The molecule has 1 aliphatic rings. The lowest BCUT2D eigenvalue weighted by molar-refractivity contribution is 0.506. The molecule has 0 saturated heterocycles. The molecule has 0 spiro atoms. The van der Waals surface area contributed by atoms with E-state index in [1.165, 1.54) is 11.1 Å². The number of benzene rings is 3. The van der Waals surface area contributed by atoms with Gasteiger partial charge in [0.15, 0.2) is 0 Å². The Morgan fingerprint density at radius 1 is 0.500 bits per heavy atom. The van der Waals surface area contributed by atoms with Crippen molar-refractivity contribution >= 4 is 5.57 Å². The highest BCUT2D eigenvalue weighted by atomic mass is 15.1. The van der Waals surface area contributed by atoms with E-state index in [1.807, 2.05) is 43.4 Å². The van der Waals surface area contributed by atoms with Gasteiger partial charge in [-0.15, -0.1) is 0 Å². The molecule has 5 heterocycles. The van der Waals surface area contributed by atoms with Gasteiger partial charge in [0, 0.05) is 79.4 Å². The van der Waals surface area contributed by atoms with E-state index in [4.69, 9.17) is 4.98 Å². The minimum Gasteiger partial charge on any atom is -0.377 e. The van der Waals surface area contributed by atoms with Crippen molar-refractivity contribution in [1.29, 1.82) is 0 Å². The SMILES string of the molecule is Cc1ncc(-c2cc(C3=CCN(C)C=C3)cc(-c3ccncc3)c2)c(-c2ccccc2)c1-c1cc(-c2ccncc2)cc(-c2ccncc2)c1. The summed E-state index contributed by atoms with van der Waals surface area (Å²) >= 11 is 0. The number of aryl methyl sites for hydroxylation is 1. The number of aromatic nitrogens is 4. The highest BCUT2D eigenvalue weighted by molar-refractivity contribution is 5.98. The minimum absolute atomic E-state index is 0.861. The van der Waals surface area contributed by atoms with Gasteiger partial charge in [-0.2, -0.15) is 0 Å². The van der Waals surface area contributed by atoms with Crippen molar-refractivity contribution in [3.05, 3.63) is 176 Å². The van der Waals surface area contributed by atoms with Crippen LogP contribution >= 0.6 is 0 Å². The lowest BCUT2D eigenvalue weighted by Gasteiger charge is -2.21. The molecule has 1 aliphatic heterocycles. The molecule has 8 rings (SSSR count). The number of likely N-dealkylation sites (N-methyl/N-ethyl adjacent to an activating group) is 1. The van der Waals surface area contributed by atoms with Crippen LogP contribution in [0.3, 0.4) is 0 Å². The Balaban J connectivity index is 1.41. The van der Waals surface area contributed by atoms with Crippen LogP contribution in [0.5, 0.6) is 0 Å². The van der Waals surface area contributed by atoms with E-state index in [-0.39, 0.29) is 0 Å². The number of allylic oxidation sites excluding steroid dienone is 2. The molecule has 240 valence electrons. The summed E-state index contributed by atoms with van der Waals surface area (Å²) in [4.78, 5) is 20.2. The first-order chi connectivity index (χ1) is 24.6. The molecule has 5 nitrogen and oxygen atoms in total. The Morgan fingerprint density at radius 2 is 1.00 bits per heavy atom. The lowest BCUT2D eigenvalue weighted by Crippen LogP contribution is -2.13. The molecule has 0 atom stereocenters. The zero-order chi connectivity index (χ0) is 33.9. The first-order valence-corrected chi connectivity index (χ1v) is 16.8. The summed E-state index contributed by atoms with van der Waals surface area (Å²) in [6, 6.07) is 36.8. The number of hydrogen-bond acceptors (Lipinski definition) is 5. The second-order valence-electron chi connectivity index (χ2n) is 12.6. The predicted octanol–water partition coefficient (Wildman–Crippen LogP) is 10.4. The van der Waals surface area contributed by atoms with Gasteiger partial charge in [0.05, 0.1) is 0 Å². The van der Waals surface area contributed by atoms with Crippen LogP contribution in [0.1, 0.15) is 11.3 Å². The Kier molecular flexibility index (Phi) is 8.37. The van der Waals surface area contributed by atoms with E-state index < -0.39 is 0 Å². The average Bonchev–Trinajstić information content (AvgIpc) is 3.19. The van der Waals surface area contributed by atoms with Crippen LogP contribution in [-0.2, 0) is 0 Å². The van der Waals surface area contributed by atoms with E-state index >= 15 is 0 Å². The Morgan fingerprint density at radius 3 is 1.54 bits per heavy atom. The van der Waals surface area contributed by atoms with Crippen molar-refractivity contribution in [2.75, 3.05) is 13.6 Å². The van der Waals surface area contributed by atoms with Crippen LogP contribution in [-0.4, -0.2) is 38.4 Å². The number of nitrogens with zero attached hydrogens (tertiary/aromatic N) is 5. The summed E-state index contributed by atoms with van der Waals surface area (Å²) in [5.74, 6) is 0. The van der Waals surface area contributed by atoms with Crippen LogP contribution in [0, 0.1) is 6.92 Å². The topological polar surface area (TPSA) is 54.8 Å². The van der Waals surface area contributed by atoms with Gasteiger partial charge in [0.1, 0.15) is 0 Å². The molecule has 3 aromatic carbocycles. The molecule has 0 aliphatic carbocycles. The van der Waals surface area contributed by atoms with Gasteiger partial charge in [-0.25, -0.2) is 0 Å². The summed E-state index contributed by atoms with van der Waals surface area (Å²) in [5, 5.41) is 0. The zero-order valence-corrected chi connectivity index (χ0v) is 28.0. The van der Waals surface area contributed by atoms with Gasteiger partial charge in [0.25, 0.3) is 0 Å². The summed E-state index contributed by atoms with van der Waals surface area (Å²) in [6.07, 6.45) is 19.8. The maximum absolute atomic E-state index is 5.11. The van der Waals surface area contributed by atoms with E-state index in [0.29, 0.717) is 0 Å². The summed E-state index contributed by atoms with van der Waals surface area (Å²) in [6.45, 7) is 2.98. The fraction of sp³-hybridized carbons (Fsp3) is 0.0667. The Labute approximate surface area is 293 Å². The molecular weight excluding hydrogens is 611 g/mol. The normalized spacial score (nSPS) is 12.5. The summed E-state index contributed by atoms with van der Waals surface area (Å²) < 4.78 is 0. The molecule has 4 aromatic heterocycles. The second-order valence-corrected chi connectivity index (χ2v) is 12.6. The monoisotopic (exact) mass is 645 g/mol. The highest BCUT2D eigenvalue weighted by Crippen LogP contribution is 2.44. The van der Waals surface area contributed by atoms with Gasteiger partial charge in [-0.3, -0.25) is 19.9 Å². The quantitative estimate of drug-likeness (QED) is 0.173. The van der Waals surface area contributed by atoms with Gasteiger partial charge < -0.3 is 4.90 Å². The third-order valence-corrected chi connectivity index (χ3v) is 9.28. The van der Waals surface area contributed by atoms with E-state index in [0.717, 1.165) is 79.0 Å². The fourth-order valence-electron chi connectivity index (χ4n) is 6.73. The number of pyridine rings is 4. The third-order valence-electron chi connectivity index (χ3n) is 9.28. The first kappa shape index (κ1) is 30.8. The lowest BCUT2D eigenvalue weighted by atomic mass is 9.84. The molecule has 0 amide bonds. The number of hydrogen-bond donors (Lipinski definition) is 0. The highest BCUT2D eigenvalue weighted by Gasteiger charge is 2.21. The molecule has 50 heavy (non-hydrogen) atoms. The molecule has 0 N–H and O–H groups in total. The Hall–Kier alpha value is -6.46. The Bertz CT molecular complexity index is 2290. The molecule has 0 bridgehead atoms. The third kappa shape index (κ3) is 6.25. The molecule has 0 saturated carbocycles. The largest absolute Gasteiger partial charge is 0.377 e. The fourth-order valence-corrected chi connectivity index (χ4v) is 6.73. The van der Waals surface area contributed by atoms with Gasteiger partial charge in [0.2, 0.25) is 0 Å². The second kappa shape index (κ2) is 13.6. The predicted molar refractivity (Wildman–Crippen MR) is 205 cm³/mol. The van der Waals surface area contributed by atoms with Crippen LogP contribution in [0.4, 0.5) is 0 Å². The minimum atomic E-state index is 0.861. The zero-order valence-electron chi connectivity index (χ0n) is 28.0. The molecule has 5 heteroatoms. The van der Waals surface area contributed by atoms with Gasteiger partial charge in [-0.05, 0) is 153 Å². The van der Waals surface area contributed by atoms with Crippen LogP contribution in [0.15, 0.2) is 165 Å². The maximum Gasteiger partial charge on any atom is 0.0457 e. The summed E-state index contributed by atoms with van der Waals surface area (Å²) in [7, 11) is 2.10. The molecule has 7 aromatic rings. The summed E-state index contributed by atoms with van der Waals surface area (Å²) in [5.41, 5.74) is 16.7. The van der Waals surface area contributed by atoms with Crippen molar-refractivity contribution in [2.24, 2.45) is 0 Å². The molecule has 0 unspecified atom stereocenters. The van der Waals surface area contributed by atoms with Crippen molar-refractivity contribution in [2.45, 2.75) is 6.92 Å².